The maximum absolute atomic E-state index is 11.3. The van der Waals surface area contributed by atoms with Crippen molar-refractivity contribution in [3.8, 4) is 11.5 Å². The fourth-order valence-electron chi connectivity index (χ4n) is 1.89. The lowest BCUT2D eigenvalue weighted by molar-refractivity contribution is 0.0593. The zero-order valence-corrected chi connectivity index (χ0v) is 10.3. The molecule has 0 radical (unpaired) electrons. The SMILES string of the molecule is COC(=O)c1ccn(Cc2ccc3c(c2)OCO3)n1. The van der Waals surface area contributed by atoms with Gasteiger partial charge in [0, 0.05) is 6.20 Å². The molecule has 1 aliphatic rings. The van der Waals surface area contributed by atoms with E-state index in [1.165, 1.54) is 7.11 Å². The monoisotopic (exact) mass is 260 g/mol. The average Bonchev–Trinajstić information content (AvgIpc) is 3.06. The van der Waals surface area contributed by atoms with Gasteiger partial charge in [-0.25, -0.2) is 4.79 Å². The van der Waals surface area contributed by atoms with Gasteiger partial charge in [-0.3, -0.25) is 4.68 Å². The summed E-state index contributed by atoms with van der Waals surface area (Å²) in [5.74, 6) is 1.04. The molecule has 1 aromatic heterocycles. The molecule has 0 unspecified atom stereocenters. The van der Waals surface area contributed by atoms with E-state index in [1.807, 2.05) is 18.2 Å². The summed E-state index contributed by atoms with van der Waals surface area (Å²) in [5.41, 5.74) is 1.31. The highest BCUT2D eigenvalue weighted by Crippen LogP contribution is 2.32. The molecule has 19 heavy (non-hydrogen) atoms. The first kappa shape index (κ1) is 11.6. The summed E-state index contributed by atoms with van der Waals surface area (Å²) in [4.78, 5) is 11.3. The second-order valence-electron chi connectivity index (χ2n) is 4.08. The zero-order valence-electron chi connectivity index (χ0n) is 10.3. The molecule has 0 bridgehead atoms. The van der Waals surface area contributed by atoms with Gasteiger partial charge in [0.1, 0.15) is 0 Å². The lowest BCUT2D eigenvalue weighted by atomic mass is 10.2. The molecule has 2 heterocycles. The maximum atomic E-state index is 11.3. The van der Waals surface area contributed by atoms with E-state index >= 15 is 0 Å². The summed E-state index contributed by atoms with van der Waals surface area (Å²) in [6.07, 6.45) is 1.73. The normalized spacial score (nSPS) is 12.5. The number of methoxy groups -OCH3 is 1. The Morgan fingerprint density at radius 2 is 2.21 bits per heavy atom. The highest BCUT2D eigenvalue weighted by Gasteiger charge is 2.14. The minimum atomic E-state index is -0.440. The summed E-state index contributed by atoms with van der Waals surface area (Å²) in [6.45, 7) is 0.806. The van der Waals surface area contributed by atoms with Gasteiger partial charge >= 0.3 is 5.97 Å². The van der Waals surface area contributed by atoms with Crippen LogP contribution in [0.5, 0.6) is 11.5 Å². The Balaban J connectivity index is 1.78. The standard InChI is InChI=1S/C13H12N2O4/c1-17-13(16)10-4-5-15(14-10)7-9-2-3-11-12(6-9)19-8-18-11/h2-6H,7-8H2,1H3. The van der Waals surface area contributed by atoms with Crippen LogP contribution in [-0.2, 0) is 11.3 Å². The number of hydrogen-bond acceptors (Lipinski definition) is 5. The predicted molar refractivity (Wildman–Crippen MR) is 65.2 cm³/mol. The van der Waals surface area contributed by atoms with Crippen molar-refractivity contribution >= 4 is 5.97 Å². The molecule has 0 saturated carbocycles. The number of carbonyl (C=O) groups excluding carboxylic acids is 1. The van der Waals surface area contributed by atoms with Gasteiger partial charge in [-0.05, 0) is 23.8 Å². The van der Waals surface area contributed by atoms with Crippen molar-refractivity contribution in [2.45, 2.75) is 6.54 Å². The number of rotatable bonds is 3. The Labute approximate surface area is 109 Å². The van der Waals surface area contributed by atoms with Crippen LogP contribution >= 0.6 is 0 Å². The van der Waals surface area contributed by atoms with Crippen LogP contribution < -0.4 is 9.47 Å². The van der Waals surface area contributed by atoms with Crippen molar-refractivity contribution in [3.05, 3.63) is 41.7 Å². The lowest BCUT2D eigenvalue weighted by Crippen LogP contribution is -2.05. The first-order valence-electron chi connectivity index (χ1n) is 5.76. The lowest BCUT2D eigenvalue weighted by Gasteiger charge is -2.03. The first-order chi connectivity index (χ1) is 9.26. The quantitative estimate of drug-likeness (QED) is 0.781. The Morgan fingerprint density at radius 1 is 1.37 bits per heavy atom. The molecule has 0 aliphatic carbocycles. The molecule has 2 aromatic rings. The second-order valence-corrected chi connectivity index (χ2v) is 4.08. The van der Waals surface area contributed by atoms with E-state index in [1.54, 1.807) is 16.9 Å². The highest BCUT2D eigenvalue weighted by molar-refractivity contribution is 5.86. The van der Waals surface area contributed by atoms with Crippen molar-refractivity contribution in [3.63, 3.8) is 0 Å². The number of fused-ring (bicyclic) bond motifs is 1. The molecule has 1 aliphatic heterocycles. The molecule has 98 valence electrons. The first-order valence-corrected chi connectivity index (χ1v) is 5.76. The number of hydrogen-bond donors (Lipinski definition) is 0. The summed E-state index contributed by atoms with van der Waals surface area (Å²) >= 11 is 0. The third kappa shape index (κ3) is 2.24. The smallest absolute Gasteiger partial charge is 0.358 e. The Kier molecular flexibility index (Phi) is 2.83. The van der Waals surface area contributed by atoms with Crippen molar-refractivity contribution < 1.29 is 19.0 Å². The molecule has 0 saturated heterocycles. The third-order valence-electron chi connectivity index (χ3n) is 2.82. The van der Waals surface area contributed by atoms with E-state index in [2.05, 4.69) is 9.84 Å². The Morgan fingerprint density at radius 3 is 3.05 bits per heavy atom. The van der Waals surface area contributed by atoms with Gasteiger partial charge in [-0.2, -0.15) is 5.10 Å². The van der Waals surface area contributed by atoms with Crippen LogP contribution in [0.3, 0.4) is 0 Å². The predicted octanol–water partition coefficient (Wildman–Crippen LogP) is 1.45. The summed E-state index contributed by atoms with van der Waals surface area (Å²) < 4.78 is 16.8. The van der Waals surface area contributed by atoms with Crippen LogP contribution in [0.1, 0.15) is 16.1 Å². The molecular weight excluding hydrogens is 248 g/mol. The van der Waals surface area contributed by atoms with Crippen LogP contribution in [0.2, 0.25) is 0 Å². The van der Waals surface area contributed by atoms with Crippen molar-refractivity contribution in [2.75, 3.05) is 13.9 Å². The van der Waals surface area contributed by atoms with Crippen LogP contribution in [0.4, 0.5) is 0 Å². The van der Waals surface area contributed by atoms with Crippen LogP contribution in [-0.4, -0.2) is 29.7 Å². The highest BCUT2D eigenvalue weighted by atomic mass is 16.7. The van der Waals surface area contributed by atoms with Crippen LogP contribution in [0.25, 0.3) is 0 Å². The Bertz CT molecular complexity index is 621. The summed E-state index contributed by atoms with van der Waals surface area (Å²) in [5, 5.41) is 4.14. The molecule has 0 atom stereocenters. The minimum absolute atomic E-state index is 0.257. The van der Waals surface area contributed by atoms with Crippen LogP contribution in [0.15, 0.2) is 30.5 Å². The molecule has 3 rings (SSSR count). The topological polar surface area (TPSA) is 62.6 Å². The summed E-state index contributed by atoms with van der Waals surface area (Å²) in [7, 11) is 1.33. The fraction of sp³-hybridized carbons (Fsp3) is 0.231. The number of aromatic nitrogens is 2. The molecule has 6 nitrogen and oxygen atoms in total. The van der Waals surface area contributed by atoms with Gasteiger partial charge in [0.15, 0.2) is 17.2 Å². The van der Waals surface area contributed by atoms with Crippen molar-refractivity contribution in [1.82, 2.24) is 9.78 Å². The van der Waals surface area contributed by atoms with Gasteiger partial charge < -0.3 is 14.2 Å². The van der Waals surface area contributed by atoms with Gasteiger partial charge in [0.05, 0.1) is 13.7 Å². The van der Waals surface area contributed by atoms with Crippen molar-refractivity contribution in [1.29, 1.82) is 0 Å². The average molecular weight is 260 g/mol. The zero-order chi connectivity index (χ0) is 13.2. The number of ether oxygens (including phenoxy) is 3. The third-order valence-corrected chi connectivity index (χ3v) is 2.82. The van der Waals surface area contributed by atoms with Gasteiger partial charge in [-0.1, -0.05) is 6.07 Å². The Hall–Kier alpha value is -2.50. The molecule has 0 fully saturated rings. The number of nitrogens with zero attached hydrogens (tertiary/aromatic N) is 2. The fourth-order valence-corrected chi connectivity index (χ4v) is 1.89. The van der Waals surface area contributed by atoms with E-state index < -0.39 is 5.97 Å². The number of benzene rings is 1. The molecule has 6 heteroatoms. The number of esters is 1. The summed E-state index contributed by atoms with van der Waals surface area (Å²) in [6, 6.07) is 7.33. The number of carbonyl (C=O) groups is 1. The van der Waals surface area contributed by atoms with E-state index in [9.17, 15) is 4.79 Å². The molecule has 1 aromatic carbocycles. The second kappa shape index (κ2) is 4.64. The van der Waals surface area contributed by atoms with E-state index in [-0.39, 0.29) is 6.79 Å². The molecule has 0 spiro atoms. The van der Waals surface area contributed by atoms with E-state index in [0.717, 1.165) is 17.1 Å². The van der Waals surface area contributed by atoms with E-state index in [0.29, 0.717) is 12.2 Å². The molecular formula is C13H12N2O4. The van der Waals surface area contributed by atoms with Gasteiger partial charge in [-0.15, -0.1) is 0 Å². The van der Waals surface area contributed by atoms with E-state index in [4.69, 9.17) is 9.47 Å². The largest absolute Gasteiger partial charge is 0.464 e. The van der Waals surface area contributed by atoms with Crippen LogP contribution in [0, 0.1) is 0 Å². The van der Waals surface area contributed by atoms with Gasteiger partial charge in [0.2, 0.25) is 6.79 Å². The minimum Gasteiger partial charge on any atom is -0.464 e. The van der Waals surface area contributed by atoms with Gasteiger partial charge in [0.25, 0.3) is 0 Å². The molecule has 0 N–H and O–H groups in total. The maximum Gasteiger partial charge on any atom is 0.358 e. The van der Waals surface area contributed by atoms with Crippen molar-refractivity contribution in [2.24, 2.45) is 0 Å². The molecule has 0 amide bonds.